The summed E-state index contributed by atoms with van der Waals surface area (Å²) in [4.78, 5) is 4.79. The molecule has 0 unspecified atom stereocenters. The molecule has 0 amide bonds. The Morgan fingerprint density at radius 2 is 1.60 bits per heavy atom. The largest absolute Gasteiger partial charge is 0.253 e. The van der Waals surface area contributed by atoms with Gasteiger partial charge in [-0.15, -0.1) is 0 Å². The summed E-state index contributed by atoms with van der Waals surface area (Å²) in [6, 6.07) is 23.4. The smallest absolute Gasteiger partial charge is 0.0705 e. The topological polar surface area (TPSA) is 12.9 Å². The number of fused-ring (bicyclic) bond motifs is 1. The van der Waals surface area contributed by atoms with Gasteiger partial charge in [0.2, 0.25) is 0 Å². The van der Waals surface area contributed by atoms with E-state index in [1.807, 2.05) is 6.07 Å². The monoisotopic (exact) mass is 261 g/mol. The van der Waals surface area contributed by atoms with E-state index in [0.717, 1.165) is 18.4 Å². The zero-order valence-corrected chi connectivity index (χ0v) is 11.8. The van der Waals surface area contributed by atoms with Crippen LogP contribution in [0.3, 0.4) is 0 Å². The molecule has 1 atom stereocenters. The Bertz CT molecular complexity index is 688. The Labute approximate surface area is 120 Å². The molecule has 1 heteroatoms. The minimum absolute atomic E-state index is 0.546. The maximum absolute atomic E-state index is 4.79. The highest BCUT2D eigenvalue weighted by molar-refractivity contribution is 5.78. The van der Waals surface area contributed by atoms with Crippen molar-refractivity contribution in [3.8, 4) is 0 Å². The van der Waals surface area contributed by atoms with Gasteiger partial charge in [0.05, 0.1) is 5.52 Å². The van der Waals surface area contributed by atoms with E-state index in [0.29, 0.717) is 5.92 Å². The Kier molecular flexibility index (Phi) is 3.78. The van der Waals surface area contributed by atoms with Gasteiger partial charge in [0.1, 0.15) is 0 Å². The maximum atomic E-state index is 4.79. The Hall–Kier alpha value is -2.15. The highest BCUT2D eigenvalue weighted by Gasteiger charge is 2.11. The molecule has 2 aromatic carbocycles. The Morgan fingerprint density at radius 1 is 0.850 bits per heavy atom. The second kappa shape index (κ2) is 5.87. The Morgan fingerprint density at radius 3 is 2.40 bits per heavy atom. The summed E-state index contributed by atoms with van der Waals surface area (Å²) >= 11 is 0. The fourth-order valence-corrected chi connectivity index (χ4v) is 2.70. The highest BCUT2D eigenvalue weighted by atomic mass is 14.7. The molecule has 20 heavy (non-hydrogen) atoms. The summed E-state index contributed by atoms with van der Waals surface area (Å²) in [5.74, 6) is 0.546. The van der Waals surface area contributed by atoms with E-state index in [2.05, 4.69) is 67.6 Å². The maximum Gasteiger partial charge on any atom is 0.0705 e. The molecule has 0 fully saturated rings. The molecular weight excluding hydrogens is 242 g/mol. The molecule has 1 aromatic heterocycles. The van der Waals surface area contributed by atoms with E-state index in [1.54, 1.807) is 0 Å². The molecule has 3 rings (SSSR count). The van der Waals surface area contributed by atoms with Crippen molar-refractivity contribution in [2.75, 3.05) is 0 Å². The number of nitrogens with zero attached hydrogens (tertiary/aromatic N) is 1. The summed E-state index contributed by atoms with van der Waals surface area (Å²) in [5, 5.41) is 1.21. The van der Waals surface area contributed by atoms with Crippen molar-refractivity contribution in [2.45, 2.75) is 25.7 Å². The van der Waals surface area contributed by atoms with Crippen molar-refractivity contribution in [1.82, 2.24) is 4.98 Å². The highest BCUT2D eigenvalue weighted by Crippen LogP contribution is 2.24. The summed E-state index contributed by atoms with van der Waals surface area (Å²) in [6.07, 6.45) is 2.14. The van der Waals surface area contributed by atoms with Crippen LogP contribution in [0, 0.1) is 0 Å². The van der Waals surface area contributed by atoms with Crippen LogP contribution >= 0.6 is 0 Å². The average Bonchev–Trinajstić information content (AvgIpc) is 2.53. The van der Waals surface area contributed by atoms with Gasteiger partial charge in [-0.2, -0.15) is 0 Å². The molecule has 0 bridgehead atoms. The van der Waals surface area contributed by atoms with Gasteiger partial charge in [-0.25, -0.2) is 0 Å². The van der Waals surface area contributed by atoms with E-state index in [9.17, 15) is 0 Å². The van der Waals surface area contributed by atoms with E-state index in [4.69, 9.17) is 4.98 Å². The van der Waals surface area contributed by atoms with Crippen LogP contribution in [-0.4, -0.2) is 4.98 Å². The van der Waals surface area contributed by atoms with Crippen LogP contribution in [-0.2, 0) is 6.42 Å². The van der Waals surface area contributed by atoms with Crippen LogP contribution in [0.25, 0.3) is 10.9 Å². The number of benzene rings is 2. The number of para-hydroxylation sites is 1. The van der Waals surface area contributed by atoms with Crippen molar-refractivity contribution in [1.29, 1.82) is 0 Å². The van der Waals surface area contributed by atoms with Gasteiger partial charge < -0.3 is 0 Å². The Balaban J connectivity index is 1.87. The molecule has 1 heterocycles. The molecule has 100 valence electrons. The normalized spacial score (nSPS) is 12.4. The molecular formula is C19H19N. The SMILES string of the molecule is CC[C@H](Cc1ccc2ccccc2n1)c1ccccc1. The number of hydrogen-bond donors (Lipinski definition) is 0. The summed E-state index contributed by atoms with van der Waals surface area (Å²) < 4.78 is 0. The number of rotatable bonds is 4. The van der Waals surface area contributed by atoms with Crippen molar-refractivity contribution in [2.24, 2.45) is 0 Å². The number of hydrogen-bond acceptors (Lipinski definition) is 1. The molecule has 0 aliphatic carbocycles. The minimum Gasteiger partial charge on any atom is -0.253 e. The van der Waals surface area contributed by atoms with Crippen molar-refractivity contribution >= 4 is 10.9 Å². The predicted octanol–water partition coefficient (Wildman–Crippen LogP) is 4.97. The molecule has 1 nitrogen and oxygen atoms in total. The number of aromatic nitrogens is 1. The molecule has 0 aliphatic heterocycles. The third-order valence-corrected chi connectivity index (χ3v) is 3.88. The zero-order valence-electron chi connectivity index (χ0n) is 11.8. The molecule has 0 aliphatic rings. The molecule has 0 spiro atoms. The first kappa shape index (κ1) is 12.9. The van der Waals surface area contributed by atoms with Crippen LogP contribution < -0.4 is 0 Å². The van der Waals surface area contributed by atoms with Gasteiger partial charge in [0.25, 0.3) is 0 Å². The van der Waals surface area contributed by atoms with Gasteiger partial charge in [-0.1, -0.05) is 61.5 Å². The van der Waals surface area contributed by atoms with E-state index in [1.165, 1.54) is 16.6 Å². The first-order valence-corrected chi connectivity index (χ1v) is 7.26. The fourth-order valence-electron chi connectivity index (χ4n) is 2.70. The minimum atomic E-state index is 0.546. The lowest BCUT2D eigenvalue weighted by molar-refractivity contribution is 0.651. The van der Waals surface area contributed by atoms with Gasteiger partial charge in [-0.3, -0.25) is 4.98 Å². The summed E-state index contributed by atoms with van der Waals surface area (Å²) in [7, 11) is 0. The van der Waals surface area contributed by atoms with Crippen LogP contribution in [0.15, 0.2) is 66.7 Å². The molecule has 0 N–H and O–H groups in total. The fraction of sp³-hybridized carbons (Fsp3) is 0.211. The van der Waals surface area contributed by atoms with E-state index in [-0.39, 0.29) is 0 Å². The predicted molar refractivity (Wildman–Crippen MR) is 84.9 cm³/mol. The van der Waals surface area contributed by atoms with E-state index < -0.39 is 0 Å². The lowest BCUT2D eigenvalue weighted by Gasteiger charge is -2.15. The zero-order chi connectivity index (χ0) is 13.8. The second-order valence-corrected chi connectivity index (χ2v) is 5.22. The summed E-state index contributed by atoms with van der Waals surface area (Å²) in [5.41, 5.74) is 3.68. The van der Waals surface area contributed by atoms with Crippen LogP contribution in [0.4, 0.5) is 0 Å². The second-order valence-electron chi connectivity index (χ2n) is 5.22. The van der Waals surface area contributed by atoms with Gasteiger partial charge >= 0.3 is 0 Å². The van der Waals surface area contributed by atoms with Gasteiger partial charge in [0.15, 0.2) is 0 Å². The number of pyridine rings is 1. The molecule has 0 radical (unpaired) electrons. The summed E-state index contributed by atoms with van der Waals surface area (Å²) in [6.45, 7) is 2.25. The average molecular weight is 261 g/mol. The van der Waals surface area contributed by atoms with Crippen LogP contribution in [0.5, 0.6) is 0 Å². The molecule has 3 aromatic rings. The van der Waals surface area contributed by atoms with Crippen LogP contribution in [0.1, 0.15) is 30.5 Å². The van der Waals surface area contributed by atoms with Crippen molar-refractivity contribution in [3.63, 3.8) is 0 Å². The van der Waals surface area contributed by atoms with Crippen LogP contribution in [0.2, 0.25) is 0 Å². The first-order chi connectivity index (χ1) is 9.86. The van der Waals surface area contributed by atoms with E-state index >= 15 is 0 Å². The van der Waals surface area contributed by atoms with Gasteiger partial charge in [-0.05, 0) is 36.5 Å². The lowest BCUT2D eigenvalue weighted by atomic mass is 9.91. The standard InChI is InChI=1S/C19H19N/c1-2-15(16-8-4-3-5-9-16)14-18-13-12-17-10-6-7-11-19(17)20-18/h3-13,15H,2,14H2,1H3/t15-/m1/s1. The third kappa shape index (κ3) is 2.72. The van der Waals surface area contributed by atoms with Crippen molar-refractivity contribution in [3.05, 3.63) is 78.0 Å². The molecule has 0 saturated carbocycles. The first-order valence-electron chi connectivity index (χ1n) is 7.26. The molecule has 0 saturated heterocycles. The lowest BCUT2D eigenvalue weighted by Crippen LogP contribution is -2.03. The third-order valence-electron chi connectivity index (χ3n) is 3.88. The quantitative estimate of drug-likeness (QED) is 0.646. The van der Waals surface area contributed by atoms with Gasteiger partial charge in [0, 0.05) is 11.1 Å². The van der Waals surface area contributed by atoms with Crippen molar-refractivity contribution < 1.29 is 0 Å².